The van der Waals surface area contributed by atoms with Gasteiger partial charge in [0.1, 0.15) is 5.75 Å². The molecule has 2 N–H and O–H groups in total. The zero-order valence-electron chi connectivity index (χ0n) is 22.4. The van der Waals surface area contributed by atoms with Crippen LogP contribution in [-0.2, 0) is 0 Å². The van der Waals surface area contributed by atoms with Crippen LogP contribution >= 0.6 is 0 Å². The predicted molar refractivity (Wildman–Crippen MR) is 150 cm³/mol. The number of rotatable bonds is 7. The second-order valence-corrected chi connectivity index (χ2v) is 12.5. The molecule has 2 saturated carbocycles. The number of phenols is 1. The summed E-state index contributed by atoms with van der Waals surface area (Å²) in [7, 11) is 0. The van der Waals surface area contributed by atoms with Crippen LogP contribution in [0.3, 0.4) is 0 Å². The van der Waals surface area contributed by atoms with Crippen molar-refractivity contribution in [3.8, 4) is 5.75 Å². The van der Waals surface area contributed by atoms with Crippen LogP contribution in [0.1, 0.15) is 91.7 Å². The Balaban J connectivity index is 1.19. The van der Waals surface area contributed by atoms with Gasteiger partial charge in [-0.2, -0.15) is 0 Å². The maximum Gasteiger partial charge on any atom is 0.251 e. The Morgan fingerprint density at radius 1 is 1.00 bits per heavy atom. The number of carbonyl (C=O) groups excluding carboxylic acids is 1. The van der Waals surface area contributed by atoms with Gasteiger partial charge in [-0.3, -0.25) is 14.6 Å². The quantitative estimate of drug-likeness (QED) is 0.364. The molecule has 38 heavy (non-hydrogen) atoms. The molecule has 2 aromatic rings. The number of aromatic hydroxyl groups is 1. The number of piperidine rings is 1. The largest absolute Gasteiger partial charge is 0.508 e. The molecule has 0 radical (unpaired) electrons. The van der Waals surface area contributed by atoms with E-state index in [0.29, 0.717) is 41.4 Å². The molecule has 6 unspecified atom stereocenters. The van der Waals surface area contributed by atoms with Crippen LogP contribution in [0.5, 0.6) is 5.75 Å². The first-order valence-electron chi connectivity index (χ1n) is 15.0. The SMILES string of the molecule is C=CCN1C2CCC23C1C1CCC3N1C(c1ccc(C(=O)NC2CCCCCC2)cc1)c1cccc(O)c1. The Morgan fingerprint density at radius 2 is 1.79 bits per heavy atom. The fourth-order valence-electron chi connectivity index (χ4n) is 9.24. The van der Waals surface area contributed by atoms with Crippen molar-refractivity contribution in [1.29, 1.82) is 0 Å². The number of benzene rings is 2. The third-order valence-electron chi connectivity index (χ3n) is 10.7. The maximum absolute atomic E-state index is 13.1. The summed E-state index contributed by atoms with van der Waals surface area (Å²) in [5.41, 5.74) is 3.52. The van der Waals surface area contributed by atoms with Crippen molar-refractivity contribution in [3.63, 3.8) is 0 Å². The average molecular weight is 512 g/mol. The highest BCUT2D eigenvalue weighted by Gasteiger charge is 2.78. The van der Waals surface area contributed by atoms with Crippen molar-refractivity contribution < 1.29 is 9.90 Å². The molecular formula is C33H41N3O2. The van der Waals surface area contributed by atoms with E-state index in [-0.39, 0.29) is 11.9 Å². The van der Waals surface area contributed by atoms with Gasteiger partial charge in [0.25, 0.3) is 5.91 Å². The minimum Gasteiger partial charge on any atom is -0.508 e. The van der Waals surface area contributed by atoms with Gasteiger partial charge in [0, 0.05) is 47.7 Å². The number of phenolic OH excluding ortho intramolecular Hbond substituents is 1. The molecule has 5 fully saturated rings. The summed E-state index contributed by atoms with van der Waals surface area (Å²) in [4.78, 5) is 18.6. The molecule has 2 bridgehead atoms. The Hall–Kier alpha value is -2.63. The number of likely N-dealkylation sites (tertiary alicyclic amines) is 1. The number of amides is 1. The van der Waals surface area contributed by atoms with Crippen LogP contribution in [0.2, 0.25) is 0 Å². The monoisotopic (exact) mass is 511 g/mol. The molecule has 1 spiro atoms. The molecule has 3 aliphatic heterocycles. The minimum absolute atomic E-state index is 0.0490. The normalized spacial score (nSPS) is 33.4. The van der Waals surface area contributed by atoms with E-state index < -0.39 is 0 Å². The first-order chi connectivity index (χ1) is 18.6. The topological polar surface area (TPSA) is 55.8 Å². The zero-order chi connectivity index (χ0) is 25.9. The van der Waals surface area contributed by atoms with E-state index in [1.165, 1.54) is 56.9 Å². The Bertz CT molecular complexity index is 1200. The Kier molecular flexibility index (Phi) is 6.12. The van der Waals surface area contributed by atoms with E-state index in [9.17, 15) is 9.90 Å². The third kappa shape index (κ3) is 3.61. The lowest BCUT2D eigenvalue weighted by atomic mass is 9.47. The summed E-state index contributed by atoms with van der Waals surface area (Å²) in [5.74, 6) is 0.363. The lowest BCUT2D eigenvalue weighted by molar-refractivity contribution is -0.204. The second kappa shape index (κ2) is 9.53. The highest BCUT2D eigenvalue weighted by Crippen LogP contribution is 2.71. The summed E-state index contributed by atoms with van der Waals surface area (Å²) < 4.78 is 0. The molecule has 0 aromatic heterocycles. The summed E-state index contributed by atoms with van der Waals surface area (Å²) in [6.45, 7) is 5.03. The molecule has 200 valence electrons. The van der Waals surface area contributed by atoms with E-state index >= 15 is 0 Å². The smallest absolute Gasteiger partial charge is 0.251 e. The van der Waals surface area contributed by atoms with Gasteiger partial charge in [0.05, 0.1) is 6.04 Å². The van der Waals surface area contributed by atoms with Crippen molar-refractivity contribution >= 4 is 5.91 Å². The lowest BCUT2D eigenvalue weighted by Crippen LogP contribution is -2.80. The van der Waals surface area contributed by atoms with Crippen molar-refractivity contribution in [2.75, 3.05) is 6.54 Å². The molecule has 2 aliphatic carbocycles. The van der Waals surface area contributed by atoms with Crippen molar-refractivity contribution in [2.45, 2.75) is 100 Å². The van der Waals surface area contributed by atoms with E-state index in [1.807, 2.05) is 24.3 Å². The second-order valence-electron chi connectivity index (χ2n) is 12.5. The molecule has 5 nitrogen and oxygen atoms in total. The van der Waals surface area contributed by atoms with Gasteiger partial charge in [-0.25, -0.2) is 0 Å². The molecule has 1 amide bonds. The van der Waals surface area contributed by atoms with Crippen LogP contribution in [0.15, 0.2) is 61.2 Å². The molecular weight excluding hydrogens is 470 g/mol. The number of hydrogen-bond donors (Lipinski definition) is 2. The van der Waals surface area contributed by atoms with Crippen molar-refractivity contribution in [2.24, 2.45) is 5.41 Å². The predicted octanol–water partition coefficient (Wildman–Crippen LogP) is 5.80. The van der Waals surface area contributed by atoms with Gasteiger partial charge in [0.15, 0.2) is 0 Å². The zero-order valence-corrected chi connectivity index (χ0v) is 22.4. The fourth-order valence-corrected chi connectivity index (χ4v) is 9.24. The molecule has 2 aromatic carbocycles. The highest BCUT2D eigenvalue weighted by molar-refractivity contribution is 5.94. The molecule has 3 saturated heterocycles. The number of nitrogens with one attached hydrogen (secondary N) is 1. The number of nitrogens with zero attached hydrogens (tertiary/aromatic N) is 2. The summed E-state index contributed by atoms with van der Waals surface area (Å²) in [6.07, 6.45) is 14.4. The standard InChI is InChI=1S/C33H41N3O2/c1-2-20-35-28-18-19-33(28)29-17-16-27(31(33)35)36(29)30(24-8-7-11-26(37)21-24)22-12-14-23(15-13-22)32(38)34-25-9-5-3-4-6-10-25/h2,7-8,11-15,21,25,27-31,37H,1,3-6,9-10,16-20H2,(H,34,38). The van der Waals surface area contributed by atoms with E-state index in [0.717, 1.165) is 30.5 Å². The number of fused-ring (bicyclic) bond motifs is 3. The van der Waals surface area contributed by atoms with Gasteiger partial charge in [-0.15, -0.1) is 6.58 Å². The van der Waals surface area contributed by atoms with Gasteiger partial charge in [0.2, 0.25) is 0 Å². The molecule has 5 aliphatic rings. The summed E-state index contributed by atoms with van der Waals surface area (Å²) >= 11 is 0. The van der Waals surface area contributed by atoms with Gasteiger partial charge in [-0.05, 0) is 73.9 Å². The third-order valence-corrected chi connectivity index (χ3v) is 10.7. The van der Waals surface area contributed by atoms with Crippen LogP contribution in [0.4, 0.5) is 0 Å². The van der Waals surface area contributed by atoms with Crippen LogP contribution < -0.4 is 5.32 Å². The molecule has 6 atom stereocenters. The van der Waals surface area contributed by atoms with Crippen molar-refractivity contribution in [3.05, 3.63) is 77.9 Å². The van der Waals surface area contributed by atoms with Crippen molar-refractivity contribution in [1.82, 2.24) is 15.1 Å². The Labute approximate surface area is 226 Å². The molecule has 3 heterocycles. The molecule has 7 rings (SSSR count). The number of hydrogen-bond acceptors (Lipinski definition) is 4. The van der Waals surface area contributed by atoms with Crippen LogP contribution in [0, 0.1) is 5.41 Å². The average Bonchev–Trinajstić information content (AvgIpc) is 3.30. The van der Waals surface area contributed by atoms with Crippen LogP contribution in [0.25, 0.3) is 0 Å². The minimum atomic E-state index is 0.0490. The van der Waals surface area contributed by atoms with E-state index in [4.69, 9.17) is 0 Å². The van der Waals surface area contributed by atoms with Gasteiger partial charge < -0.3 is 10.4 Å². The number of carbonyl (C=O) groups is 1. The van der Waals surface area contributed by atoms with E-state index in [1.54, 1.807) is 6.07 Å². The Morgan fingerprint density at radius 3 is 2.47 bits per heavy atom. The van der Waals surface area contributed by atoms with E-state index in [2.05, 4.69) is 46.0 Å². The van der Waals surface area contributed by atoms with Gasteiger partial charge >= 0.3 is 0 Å². The first kappa shape index (κ1) is 24.4. The fraction of sp³-hybridized carbons (Fsp3) is 0.545. The van der Waals surface area contributed by atoms with Gasteiger partial charge in [-0.1, -0.05) is 56.0 Å². The van der Waals surface area contributed by atoms with Crippen LogP contribution in [-0.4, -0.2) is 57.6 Å². The maximum atomic E-state index is 13.1. The summed E-state index contributed by atoms with van der Waals surface area (Å²) in [6, 6.07) is 18.9. The molecule has 5 heteroatoms. The summed E-state index contributed by atoms with van der Waals surface area (Å²) in [5, 5.41) is 13.7. The highest BCUT2D eigenvalue weighted by atomic mass is 16.3. The lowest BCUT2D eigenvalue weighted by Gasteiger charge is -2.71. The first-order valence-corrected chi connectivity index (χ1v) is 15.0.